The Bertz CT molecular complexity index is 119. The molecule has 0 saturated heterocycles. The van der Waals surface area contributed by atoms with Crippen molar-refractivity contribution < 1.29 is 9.47 Å². The summed E-state index contributed by atoms with van der Waals surface area (Å²) in [6, 6.07) is 0. The lowest BCUT2D eigenvalue weighted by Crippen LogP contribution is -2.18. The summed E-state index contributed by atoms with van der Waals surface area (Å²) >= 11 is 3.62. The van der Waals surface area contributed by atoms with E-state index < -0.39 is 0 Å². The second kappa shape index (κ2) is 5.95. The average Bonchev–Trinajstić information content (AvgIpc) is 2.46. The van der Waals surface area contributed by atoms with Crippen molar-refractivity contribution in [1.82, 2.24) is 0 Å². The molecule has 12 heavy (non-hydrogen) atoms. The Hall–Kier alpha value is 0.400. The lowest BCUT2D eigenvalue weighted by Gasteiger charge is -2.14. The van der Waals surface area contributed by atoms with E-state index in [1.807, 2.05) is 0 Å². The summed E-state index contributed by atoms with van der Waals surface area (Å²) in [7, 11) is 1.73. The monoisotopic (exact) mass is 236 g/mol. The predicted octanol–water partition coefficient (Wildman–Crippen LogP) is 2.36. The molecule has 1 rings (SSSR count). The van der Waals surface area contributed by atoms with Crippen molar-refractivity contribution in [2.24, 2.45) is 0 Å². The molecular weight excluding hydrogens is 220 g/mol. The van der Waals surface area contributed by atoms with Gasteiger partial charge in [0.05, 0.1) is 6.10 Å². The number of rotatable bonds is 5. The van der Waals surface area contributed by atoms with Crippen LogP contribution in [0.4, 0.5) is 0 Å². The molecule has 0 heterocycles. The molecule has 2 atom stereocenters. The zero-order valence-electron chi connectivity index (χ0n) is 7.59. The number of halogens is 1. The largest absolute Gasteiger partial charge is 0.385 e. The van der Waals surface area contributed by atoms with Crippen molar-refractivity contribution in [2.75, 3.05) is 20.3 Å². The second-order valence-corrected chi connectivity index (χ2v) is 4.38. The van der Waals surface area contributed by atoms with E-state index >= 15 is 0 Å². The molecule has 0 radical (unpaired) electrons. The van der Waals surface area contributed by atoms with E-state index in [0.29, 0.717) is 10.9 Å². The van der Waals surface area contributed by atoms with E-state index in [1.165, 1.54) is 19.3 Å². The molecule has 2 nitrogen and oxygen atoms in total. The maximum atomic E-state index is 5.69. The molecule has 72 valence electrons. The molecule has 0 aromatic rings. The molecule has 0 aromatic carbocycles. The van der Waals surface area contributed by atoms with Gasteiger partial charge in [-0.05, 0) is 25.7 Å². The van der Waals surface area contributed by atoms with Crippen molar-refractivity contribution in [3.8, 4) is 0 Å². The fourth-order valence-corrected chi connectivity index (χ4v) is 2.25. The van der Waals surface area contributed by atoms with Crippen LogP contribution in [0.25, 0.3) is 0 Å². The summed E-state index contributed by atoms with van der Waals surface area (Å²) in [5, 5.41) is 0. The highest BCUT2D eigenvalue weighted by atomic mass is 79.9. The summed E-state index contributed by atoms with van der Waals surface area (Å²) < 4.78 is 10.6. The lowest BCUT2D eigenvalue weighted by atomic mass is 10.3. The van der Waals surface area contributed by atoms with Crippen LogP contribution in [0.2, 0.25) is 0 Å². The summed E-state index contributed by atoms with van der Waals surface area (Å²) in [5.41, 5.74) is 0. The molecule has 1 fully saturated rings. The molecule has 1 aliphatic carbocycles. The Morgan fingerprint density at radius 3 is 2.75 bits per heavy atom. The molecular formula is C9H17BrO2. The molecule has 0 bridgehead atoms. The van der Waals surface area contributed by atoms with Crippen LogP contribution in [-0.2, 0) is 9.47 Å². The molecule has 3 heteroatoms. The molecule has 0 amide bonds. The van der Waals surface area contributed by atoms with E-state index in [1.54, 1.807) is 7.11 Å². The van der Waals surface area contributed by atoms with Gasteiger partial charge in [0, 0.05) is 25.2 Å². The first-order valence-electron chi connectivity index (χ1n) is 4.59. The van der Waals surface area contributed by atoms with Crippen LogP contribution < -0.4 is 0 Å². The SMILES string of the molecule is COCCCOC1CCCC1Br. The van der Waals surface area contributed by atoms with Crippen LogP contribution >= 0.6 is 15.9 Å². The quantitative estimate of drug-likeness (QED) is 0.539. The summed E-state index contributed by atoms with van der Waals surface area (Å²) in [6.45, 7) is 1.64. The highest BCUT2D eigenvalue weighted by molar-refractivity contribution is 9.09. The van der Waals surface area contributed by atoms with Crippen molar-refractivity contribution in [3.63, 3.8) is 0 Å². The van der Waals surface area contributed by atoms with Gasteiger partial charge in [0.2, 0.25) is 0 Å². The Labute approximate surface area is 82.7 Å². The molecule has 0 aliphatic heterocycles. The third-order valence-electron chi connectivity index (χ3n) is 2.20. The van der Waals surface area contributed by atoms with E-state index in [4.69, 9.17) is 9.47 Å². The highest BCUT2D eigenvalue weighted by Crippen LogP contribution is 2.27. The van der Waals surface area contributed by atoms with Gasteiger partial charge in [-0.2, -0.15) is 0 Å². The van der Waals surface area contributed by atoms with Gasteiger partial charge in [-0.25, -0.2) is 0 Å². The van der Waals surface area contributed by atoms with Crippen LogP contribution in [-0.4, -0.2) is 31.3 Å². The van der Waals surface area contributed by atoms with Gasteiger partial charge in [-0.3, -0.25) is 0 Å². The molecule has 0 spiro atoms. The van der Waals surface area contributed by atoms with Crippen LogP contribution in [0.5, 0.6) is 0 Å². The Balaban J connectivity index is 1.98. The smallest absolute Gasteiger partial charge is 0.0700 e. The van der Waals surface area contributed by atoms with E-state index in [-0.39, 0.29) is 0 Å². The third-order valence-corrected chi connectivity index (χ3v) is 3.24. The van der Waals surface area contributed by atoms with Gasteiger partial charge in [0.1, 0.15) is 0 Å². The van der Waals surface area contributed by atoms with Crippen molar-refractivity contribution >= 4 is 15.9 Å². The molecule has 0 N–H and O–H groups in total. The van der Waals surface area contributed by atoms with Crippen LogP contribution in [0, 0.1) is 0 Å². The minimum Gasteiger partial charge on any atom is -0.385 e. The second-order valence-electron chi connectivity index (χ2n) is 3.20. The van der Waals surface area contributed by atoms with Crippen LogP contribution in [0.15, 0.2) is 0 Å². The van der Waals surface area contributed by atoms with Gasteiger partial charge in [-0.15, -0.1) is 0 Å². The molecule has 2 unspecified atom stereocenters. The fourth-order valence-electron chi connectivity index (χ4n) is 1.51. The third kappa shape index (κ3) is 3.42. The maximum absolute atomic E-state index is 5.69. The minimum atomic E-state index is 0.446. The van der Waals surface area contributed by atoms with E-state index in [9.17, 15) is 0 Å². The van der Waals surface area contributed by atoms with Crippen LogP contribution in [0.3, 0.4) is 0 Å². The molecule has 1 saturated carbocycles. The lowest BCUT2D eigenvalue weighted by molar-refractivity contribution is 0.0477. The zero-order valence-corrected chi connectivity index (χ0v) is 9.18. The zero-order chi connectivity index (χ0) is 8.81. The number of hydrogen-bond acceptors (Lipinski definition) is 2. The summed E-state index contributed by atoms with van der Waals surface area (Å²) in [6.07, 6.45) is 5.22. The topological polar surface area (TPSA) is 18.5 Å². The normalized spacial score (nSPS) is 29.5. The number of methoxy groups -OCH3 is 1. The Morgan fingerprint density at radius 2 is 2.17 bits per heavy atom. The van der Waals surface area contributed by atoms with Gasteiger partial charge >= 0.3 is 0 Å². The number of alkyl halides is 1. The summed E-state index contributed by atoms with van der Waals surface area (Å²) in [4.78, 5) is 0.583. The maximum Gasteiger partial charge on any atom is 0.0700 e. The molecule has 1 aliphatic rings. The fraction of sp³-hybridized carbons (Fsp3) is 1.00. The van der Waals surface area contributed by atoms with Crippen molar-refractivity contribution in [2.45, 2.75) is 36.6 Å². The van der Waals surface area contributed by atoms with E-state index in [0.717, 1.165) is 19.6 Å². The first kappa shape index (κ1) is 10.5. The molecule has 0 aromatic heterocycles. The number of ether oxygens (including phenoxy) is 2. The van der Waals surface area contributed by atoms with Gasteiger partial charge in [0.25, 0.3) is 0 Å². The Morgan fingerprint density at radius 1 is 1.33 bits per heavy atom. The number of hydrogen-bond donors (Lipinski definition) is 0. The predicted molar refractivity (Wildman–Crippen MR) is 52.8 cm³/mol. The van der Waals surface area contributed by atoms with Crippen molar-refractivity contribution in [3.05, 3.63) is 0 Å². The Kier molecular flexibility index (Phi) is 5.19. The van der Waals surface area contributed by atoms with Gasteiger partial charge in [0.15, 0.2) is 0 Å². The standard InChI is InChI=1S/C9H17BrO2/c1-11-6-3-7-12-9-5-2-4-8(9)10/h8-9H,2-7H2,1H3. The van der Waals surface area contributed by atoms with Crippen LogP contribution in [0.1, 0.15) is 25.7 Å². The summed E-state index contributed by atoms with van der Waals surface area (Å²) in [5.74, 6) is 0. The first-order chi connectivity index (χ1) is 5.84. The minimum absolute atomic E-state index is 0.446. The first-order valence-corrected chi connectivity index (χ1v) is 5.51. The van der Waals surface area contributed by atoms with Gasteiger partial charge < -0.3 is 9.47 Å². The average molecular weight is 237 g/mol. The van der Waals surface area contributed by atoms with Crippen molar-refractivity contribution in [1.29, 1.82) is 0 Å². The highest BCUT2D eigenvalue weighted by Gasteiger charge is 2.24. The van der Waals surface area contributed by atoms with E-state index in [2.05, 4.69) is 15.9 Å². The van der Waals surface area contributed by atoms with Gasteiger partial charge in [-0.1, -0.05) is 15.9 Å².